The molecule has 0 saturated carbocycles. The van der Waals surface area contributed by atoms with Crippen molar-refractivity contribution in [3.63, 3.8) is 0 Å². The van der Waals surface area contributed by atoms with Gasteiger partial charge in [0.25, 0.3) is 0 Å². The number of halogens is 1. The molecular weight excluding hydrogens is 276 g/mol. The second-order valence-corrected chi connectivity index (χ2v) is 5.28. The zero-order valence-electron chi connectivity index (χ0n) is 10.7. The van der Waals surface area contributed by atoms with Gasteiger partial charge in [0.2, 0.25) is 0 Å². The van der Waals surface area contributed by atoms with E-state index in [0.29, 0.717) is 5.92 Å². The lowest BCUT2D eigenvalue weighted by Gasteiger charge is -2.12. The van der Waals surface area contributed by atoms with Gasteiger partial charge in [-0.15, -0.1) is 0 Å². The van der Waals surface area contributed by atoms with Gasteiger partial charge < -0.3 is 4.74 Å². The van der Waals surface area contributed by atoms with Gasteiger partial charge in [0.05, 0.1) is 6.61 Å². The van der Waals surface area contributed by atoms with Crippen LogP contribution < -0.4 is 0 Å². The van der Waals surface area contributed by atoms with E-state index in [1.807, 2.05) is 0 Å². The monoisotopic (exact) mass is 298 g/mol. The lowest BCUT2D eigenvalue weighted by molar-refractivity contribution is 0.119. The van der Waals surface area contributed by atoms with Crippen molar-refractivity contribution < 1.29 is 4.74 Å². The summed E-state index contributed by atoms with van der Waals surface area (Å²) >= 11 is 3.45. The molecule has 0 N–H and O–H groups in total. The minimum atomic E-state index is 0.499. The third kappa shape index (κ3) is 6.85. The largest absolute Gasteiger partial charge is 0.381 e. The fourth-order valence-electron chi connectivity index (χ4n) is 1.79. The van der Waals surface area contributed by atoms with E-state index in [9.17, 15) is 0 Å². The summed E-state index contributed by atoms with van der Waals surface area (Å²) in [6, 6.07) is 10.6. The van der Waals surface area contributed by atoms with Crippen LogP contribution in [0.25, 0.3) is 0 Å². The Hall–Kier alpha value is -0.340. The van der Waals surface area contributed by atoms with Gasteiger partial charge >= 0.3 is 0 Å². The van der Waals surface area contributed by atoms with Gasteiger partial charge in [0.1, 0.15) is 0 Å². The number of hydrogen-bond donors (Lipinski definition) is 0. The van der Waals surface area contributed by atoms with Crippen LogP contribution >= 0.6 is 15.9 Å². The molecule has 0 heterocycles. The molecule has 1 aromatic carbocycles. The zero-order valence-corrected chi connectivity index (χ0v) is 12.3. The SMILES string of the molecule is CC(COCCCCCCBr)c1ccccc1. The quantitative estimate of drug-likeness (QED) is 0.472. The van der Waals surface area contributed by atoms with Crippen molar-refractivity contribution in [2.75, 3.05) is 18.5 Å². The molecular formula is C15H23BrO. The smallest absolute Gasteiger partial charge is 0.0532 e. The van der Waals surface area contributed by atoms with E-state index >= 15 is 0 Å². The van der Waals surface area contributed by atoms with Crippen LogP contribution in [0.2, 0.25) is 0 Å². The third-order valence-corrected chi connectivity index (χ3v) is 3.47. The van der Waals surface area contributed by atoms with Gasteiger partial charge in [-0.05, 0) is 18.4 Å². The Morgan fingerprint density at radius 1 is 1.06 bits per heavy atom. The molecule has 1 unspecified atom stereocenters. The highest BCUT2D eigenvalue weighted by molar-refractivity contribution is 9.09. The number of benzene rings is 1. The normalized spacial score (nSPS) is 12.6. The molecule has 1 rings (SSSR count). The molecule has 96 valence electrons. The average molecular weight is 299 g/mol. The molecule has 0 aliphatic carbocycles. The van der Waals surface area contributed by atoms with Crippen LogP contribution in [-0.2, 0) is 4.74 Å². The summed E-state index contributed by atoms with van der Waals surface area (Å²) in [7, 11) is 0. The van der Waals surface area contributed by atoms with E-state index in [4.69, 9.17) is 4.74 Å². The first-order valence-electron chi connectivity index (χ1n) is 6.53. The van der Waals surface area contributed by atoms with Gasteiger partial charge in [-0.25, -0.2) is 0 Å². The highest BCUT2D eigenvalue weighted by atomic mass is 79.9. The number of unbranched alkanes of at least 4 members (excludes halogenated alkanes) is 3. The number of alkyl halides is 1. The minimum absolute atomic E-state index is 0.499. The Labute approximate surface area is 114 Å². The molecule has 1 aromatic rings. The van der Waals surface area contributed by atoms with Crippen molar-refractivity contribution >= 4 is 15.9 Å². The predicted molar refractivity (Wildman–Crippen MR) is 77.9 cm³/mol. The van der Waals surface area contributed by atoms with Gasteiger partial charge in [0, 0.05) is 17.9 Å². The fourth-order valence-corrected chi connectivity index (χ4v) is 2.19. The van der Waals surface area contributed by atoms with E-state index in [1.54, 1.807) is 0 Å². The van der Waals surface area contributed by atoms with Gasteiger partial charge in [-0.3, -0.25) is 0 Å². The van der Waals surface area contributed by atoms with Gasteiger partial charge in [0.15, 0.2) is 0 Å². The molecule has 0 aliphatic heterocycles. The molecule has 2 heteroatoms. The van der Waals surface area contributed by atoms with Crippen LogP contribution in [-0.4, -0.2) is 18.5 Å². The Morgan fingerprint density at radius 2 is 1.76 bits per heavy atom. The summed E-state index contributed by atoms with van der Waals surface area (Å²) in [6.07, 6.45) is 5.06. The first-order chi connectivity index (χ1) is 8.34. The van der Waals surface area contributed by atoms with Crippen molar-refractivity contribution in [2.45, 2.75) is 38.5 Å². The Bertz CT molecular complexity index is 274. The Balaban J connectivity index is 2.03. The fraction of sp³-hybridized carbons (Fsp3) is 0.600. The molecule has 0 spiro atoms. The van der Waals surface area contributed by atoms with Crippen LogP contribution in [0.5, 0.6) is 0 Å². The molecule has 0 bridgehead atoms. The van der Waals surface area contributed by atoms with Crippen LogP contribution in [0.4, 0.5) is 0 Å². The Kier molecular flexibility index (Phi) is 8.37. The second-order valence-electron chi connectivity index (χ2n) is 4.49. The minimum Gasteiger partial charge on any atom is -0.381 e. The summed E-state index contributed by atoms with van der Waals surface area (Å²) in [6.45, 7) is 3.96. The predicted octanol–water partition coefficient (Wildman–Crippen LogP) is 4.76. The van der Waals surface area contributed by atoms with Crippen LogP contribution in [0, 0.1) is 0 Å². The molecule has 0 amide bonds. The number of hydrogen-bond acceptors (Lipinski definition) is 1. The third-order valence-electron chi connectivity index (χ3n) is 2.91. The molecule has 0 fully saturated rings. The Morgan fingerprint density at radius 3 is 2.47 bits per heavy atom. The summed E-state index contributed by atoms with van der Waals surface area (Å²) in [5.74, 6) is 0.499. The second kappa shape index (κ2) is 9.67. The van der Waals surface area contributed by atoms with E-state index in [1.165, 1.54) is 31.2 Å². The van der Waals surface area contributed by atoms with E-state index in [0.717, 1.165) is 18.5 Å². The summed E-state index contributed by atoms with van der Waals surface area (Å²) in [5.41, 5.74) is 1.37. The van der Waals surface area contributed by atoms with Crippen molar-refractivity contribution in [1.29, 1.82) is 0 Å². The maximum atomic E-state index is 5.72. The van der Waals surface area contributed by atoms with Crippen molar-refractivity contribution in [3.8, 4) is 0 Å². The van der Waals surface area contributed by atoms with E-state index < -0.39 is 0 Å². The summed E-state index contributed by atoms with van der Waals surface area (Å²) in [5, 5.41) is 1.12. The van der Waals surface area contributed by atoms with Gasteiger partial charge in [-0.2, -0.15) is 0 Å². The molecule has 1 atom stereocenters. The lowest BCUT2D eigenvalue weighted by Crippen LogP contribution is -2.05. The molecule has 0 aliphatic rings. The first-order valence-corrected chi connectivity index (χ1v) is 7.65. The maximum absolute atomic E-state index is 5.72. The topological polar surface area (TPSA) is 9.23 Å². The van der Waals surface area contributed by atoms with Crippen LogP contribution in [0.3, 0.4) is 0 Å². The lowest BCUT2D eigenvalue weighted by atomic mass is 10.0. The van der Waals surface area contributed by atoms with E-state index in [-0.39, 0.29) is 0 Å². The highest BCUT2D eigenvalue weighted by Gasteiger charge is 2.04. The van der Waals surface area contributed by atoms with Crippen molar-refractivity contribution in [1.82, 2.24) is 0 Å². The maximum Gasteiger partial charge on any atom is 0.0532 e. The van der Waals surface area contributed by atoms with Crippen LogP contribution in [0.15, 0.2) is 30.3 Å². The molecule has 0 saturated heterocycles. The summed E-state index contributed by atoms with van der Waals surface area (Å²) < 4.78 is 5.72. The van der Waals surface area contributed by atoms with Gasteiger partial charge in [-0.1, -0.05) is 66.0 Å². The molecule has 0 radical (unpaired) electrons. The van der Waals surface area contributed by atoms with E-state index in [2.05, 4.69) is 53.2 Å². The molecule has 17 heavy (non-hydrogen) atoms. The highest BCUT2D eigenvalue weighted by Crippen LogP contribution is 2.14. The summed E-state index contributed by atoms with van der Waals surface area (Å²) in [4.78, 5) is 0. The molecule has 1 nitrogen and oxygen atoms in total. The van der Waals surface area contributed by atoms with Crippen molar-refractivity contribution in [3.05, 3.63) is 35.9 Å². The molecule has 0 aromatic heterocycles. The number of rotatable bonds is 9. The average Bonchev–Trinajstić information content (AvgIpc) is 2.38. The standard InChI is InChI=1S/C15H23BrO/c1-14(15-9-5-4-6-10-15)13-17-12-8-3-2-7-11-16/h4-6,9-10,14H,2-3,7-8,11-13H2,1H3. The zero-order chi connectivity index (χ0) is 12.3. The first kappa shape index (κ1) is 14.7. The van der Waals surface area contributed by atoms with Crippen molar-refractivity contribution in [2.24, 2.45) is 0 Å². The van der Waals surface area contributed by atoms with Crippen LogP contribution in [0.1, 0.15) is 44.1 Å². The number of ether oxygens (including phenoxy) is 1.